The number of carbonyl (C=O) groups excluding carboxylic acids is 1. The SMILES string of the molecule is CCCCCCCCCCC/C=C/C(O)C(COC1OC(CO)C(OC2OC(CO)C(OC3OC(CO)C(O)C(O)C3O)C(O)C2O)C(O)C1O)NC(=O)CCCCCCCCCCCCCC. The molecule has 12 N–H and O–H groups in total. The Hall–Kier alpha value is -1.47. The lowest BCUT2D eigenvalue weighted by Gasteiger charge is -2.48. The van der Waals surface area contributed by atoms with Gasteiger partial charge in [-0.1, -0.05) is 148 Å². The van der Waals surface area contributed by atoms with E-state index in [1.54, 1.807) is 6.08 Å². The summed E-state index contributed by atoms with van der Waals surface area (Å²) in [6, 6.07) is -0.963. The van der Waals surface area contributed by atoms with Gasteiger partial charge in [0.2, 0.25) is 5.91 Å². The summed E-state index contributed by atoms with van der Waals surface area (Å²) in [5, 5.41) is 119. The highest BCUT2D eigenvalue weighted by Gasteiger charge is 2.53. The van der Waals surface area contributed by atoms with Gasteiger partial charge in [-0.25, -0.2) is 0 Å². The Balaban J connectivity index is 1.57. The number of unbranched alkanes of at least 4 members (excludes halogenated alkanes) is 20. The Bertz CT molecular complexity index is 1310. The van der Waals surface area contributed by atoms with E-state index in [1.165, 1.54) is 89.9 Å². The molecule has 3 saturated heterocycles. The Kier molecular flexibility index (Phi) is 31.1. The van der Waals surface area contributed by atoms with Crippen LogP contribution in [-0.2, 0) is 33.2 Å². The average molecular weight is 982 g/mol. The van der Waals surface area contributed by atoms with Gasteiger partial charge in [0.05, 0.1) is 38.6 Å². The Morgan fingerprint density at radius 3 is 1.38 bits per heavy atom. The first-order chi connectivity index (χ1) is 32.8. The summed E-state index contributed by atoms with van der Waals surface area (Å²) in [6.45, 7) is 1.66. The first-order valence-electron chi connectivity index (χ1n) is 25.9. The standard InChI is InChI=1S/C49H91NO18/c1-3-5-7-9-11-13-15-17-19-21-23-25-27-37(55)50-32(33(54)26-24-22-20-18-16-14-12-10-8-6-4-2)31-63-47-43(61)40(58)45(35(29-52)65-47)68-49-44(62)41(59)46(36(30-53)66-49)67-48-42(60)39(57)38(56)34(28-51)64-48/h24,26,32-36,38-49,51-54,56-62H,3-23,25,27-31H2,1-2H3,(H,50,55)/b26-24+. The van der Waals surface area contributed by atoms with Crippen molar-refractivity contribution in [2.45, 2.75) is 266 Å². The number of aliphatic hydroxyl groups excluding tert-OH is 11. The highest BCUT2D eigenvalue weighted by atomic mass is 16.8. The third kappa shape index (κ3) is 20.6. The Labute approximate surface area is 404 Å². The number of rotatable bonds is 36. The second kappa shape index (κ2) is 34.8. The fourth-order valence-corrected chi connectivity index (χ4v) is 8.95. The molecule has 0 saturated carbocycles. The van der Waals surface area contributed by atoms with Gasteiger partial charge in [0.25, 0.3) is 0 Å². The van der Waals surface area contributed by atoms with E-state index in [1.807, 2.05) is 6.08 Å². The lowest BCUT2D eigenvalue weighted by atomic mass is 9.96. The van der Waals surface area contributed by atoms with Crippen LogP contribution in [0, 0.1) is 0 Å². The number of ether oxygens (including phenoxy) is 6. The topological polar surface area (TPSA) is 307 Å². The molecule has 17 atom stereocenters. The molecule has 400 valence electrons. The molecule has 0 aromatic heterocycles. The van der Waals surface area contributed by atoms with Gasteiger partial charge in [0, 0.05) is 6.42 Å². The molecule has 0 radical (unpaired) electrons. The largest absolute Gasteiger partial charge is 0.394 e. The highest BCUT2D eigenvalue weighted by Crippen LogP contribution is 2.33. The van der Waals surface area contributed by atoms with E-state index in [4.69, 9.17) is 28.4 Å². The number of carbonyl (C=O) groups is 1. The molecule has 3 fully saturated rings. The van der Waals surface area contributed by atoms with Gasteiger partial charge >= 0.3 is 0 Å². The summed E-state index contributed by atoms with van der Waals surface area (Å²) in [5.41, 5.74) is 0. The van der Waals surface area contributed by atoms with Crippen LogP contribution in [0.3, 0.4) is 0 Å². The van der Waals surface area contributed by atoms with Crippen molar-refractivity contribution in [3.05, 3.63) is 12.2 Å². The fourth-order valence-electron chi connectivity index (χ4n) is 8.95. The van der Waals surface area contributed by atoms with Gasteiger partial charge in [-0.2, -0.15) is 0 Å². The summed E-state index contributed by atoms with van der Waals surface area (Å²) in [6.07, 6.45) is 2.20. The molecule has 0 aliphatic carbocycles. The van der Waals surface area contributed by atoms with E-state index in [-0.39, 0.29) is 18.9 Å². The molecule has 3 aliphatic rings. The van der Waals surface area contributed by atoms with Crippen molar-refractivity contribution < 1.29 is 89.4 Å². The molecule has 3 aliphatic heterocycles. The van der Waals surface area contributed by atoms with Crippen molar-refractivity contribution >= 4 is 5.91 Å². The maximum Gasteiger partial charge on any atom is 0.220 e. The first kappa shape index (κ1) is 60.8. The van der Waals surface area contributed by atoms with Crippen LogP contribution >= 0.6 is 0 Å². The molecular formula is C49H91NO18. The molecule has 17 unspecified atom stereocenters. The van der Waals surface area contributed by atoms with E-state index < -0.39 is 124 Å². The summed E-state index contributed by atoms with van der Waals surface area (Å²) >= 11 is 0. The molecule has 0 bridgehead atoms. The summed E-state index contributed by atoms with van der Waals surface area (Å²) in [5.74, 6) is -0.279. The van der Waals surface area contributed by atoms with Crippen molar-refractivity contribution in [1.82, 2.24) is 5.32 Å². The van der Waals surface area contributed by atoms with Crippen molar-refractivity contribution in [2.24, 2.45) is 0 Å². The minimum Gasteiger partial charge on any atom is -0.394 e. The van der Waals surface area contributed by atoms with Crippen molar-refractivity contribution in [3.8, 4) is 0 Å². The Morgan fingerprint density at radius 1 is 0.515 bits per heavy atom. The molecule has 0 aromatic carbocycles. The molecule has 3 heterocycles. The molecule has 0 aromatic rings. The fraction of sp³-hybridized carbons (Fsp3) is 0.939. The molecule has 3 rings (SSSR count). The van der Waals surface area contributed by atoms with E-state index >= 15 is 0 Å². The minimum absolute atomic E-state index is 0.247. The number of hydrogen-bond acceptors (Lipinski definition) is 18. The van der Waals surface area contributed by atoms with E-state index in [0.29, 0.717) is 6.42 Å². The van der Waals surface area contributed by atoms with E-state index in [2.05, 4.69) is 19.2 Å². The lowest BCUT2D eigenvalue weighted by molar-refractivity contribution is -0.379. The van der Waals surface area contributed by atoms with Crippen LogP contribution in [0.15, 0.2) is 12.2 Å². The summed E-state index contributed by atoms with van der Waals surface area (Å²) in [4.78, 5) is 13.2. The molecule has 68 heavy (non-hydrogen) atoms. The van der Waals surface area contributed by atoms with Crippen molar-refractivity contribution in [2.75, 3.05) is 26.4 Å². The monoisotopic (exact) mass is 982 g/mol. The summed E-state index contributed by atoms with van der Waals surface area (Å²) in [7, 11) is 0. The van der Waals surface area contributed by atoms with Crippen LogP contribution in [0.5, 0.6) is 0 Å². The van der Waals surface area contributed by atoms with Gasteiger partial charge in [-0.15, -0.1) is 0 Å². The lowest BCUT2D eigenvalue weighted by Crippen LogP contribution is -2.66. The van der Waals surface area contributed by atoms with Crippen LogP contribution in [-0.4, -0.2) is 193 Å². The zero-order valence-corrected chi connectivity index (χ0v) is 40.8. The zero-order chi connectivity index (χ0) is 49.8. The van der Waals surface area contributed by atoms with E-state index in [0.717, 1.165) is 44.9 Å². The van der Waals surface area contributed by atoms with Gasteiger partial charge in [-0.3, -0.25) is 4.79 Å². The second-order valence-electron chi connectivity index (χ2n) is 19.0. The van der Waals surface area contributed by atoms with E-state index in [9.17, 15) is 61.0 Å². The molecule has 19 heteroatoms. The quantitative estimate of drug-likeness (QED) is 0.0315. The first-order valence-corrected chi connectivity index (χ1v) is 25.9. The number of amides is 1. The highest BCUT2D eigenvalue weighted by molar-refractivity contribution is 5.76. The van der Waals surface area contributed by atoms with Crippen LogP contribution in [0.25, 0.3) is 0 Å². The van der Waals surface area contributed by atoms with Gasteiger partial charge in [0.1, 0.15) is 73.2 Å². The average Bonchev–Trinajstić information content (AvgIpc) is 3.33. The molecular weight excluding hydrogens is 891 g/mol. The normalized spacial score (nSPS) is 33.2. The number of aliphatic hydroxyl groups is 11. The third-order valence-corrected chi connectivity index (χ3v) is 13.3. The van der Waals surface area contributed by atoms with Crippen molar-refractivity contribution in [1.29, 1.82) is 0 Å². The number of allylic oxidation sites excluding steroid dienone is 1. The van der Waals surface area contributed by atoms with Gasteiger partial charge < -0.3 is 89.9 Å². The predicted molar refractivity (Wildman–Crippen MR) is 250 cm³/mol. The predicted octanol–water partition coefficient (Wildman–Crippen LogP) is 1.87. The molecule has 1 amide bonds. The van der Waals surface area contributed by atoms with Crippen LogP contribution < -0.4 is 5.32 Å². The molecule has 19 nitrogen and oxygen atoms in total. The number of hydrogen-bond donors (Lipinski definition) is 12. The van der Waals surface area contributed by atoms with Crippen LogP contribution in [0.1, 0.15) is 162 Å². The van der Waals surface area contributed by atoms with Crippen molar-refractivity contribution in [3.63, 3.8) is 0 Å². The zero-order valence-electron chi connectivity index (χ0n) is 40.8. The van der Waals surface area contributed by atoms with Crippen LogP contribution in [0.4, 0.5) is 0 Å². The maximum absolute atomic E-state index is 13.2. The van der Waals surface area contributed by atoms with Gasteiger partial charge in [-0.05, 0) is 19.3 Å². The Morgan fingerprint density at radius 2 is 0.912 bits per heavy atom. The smallest absolute Gasteiger partial charge is 0.220 e. The van der Waals surface area contributed by atoms with Gasteiger partial charge in [0.15, 0.2) is 18.9 Å². The summed E-state index contributed by atoms with van der Waals surface area (Å²) < 4.78 is 34.1. The second-order valence-corrected chi connectivity index (χ2v) is 19.0. The number of nitrogens with one attached hydrogen (secondary N) is 1. The molecule has 0 spiro atoms. The van der Waals surface area contributed by atoms with Crippen LogP contribution in [0.2, 0.25) is 0 Å². The third-order valence-electron chi connectivity index (χ3n) is 13.3. The maximum atomic E-state index is 13.2. The minimum atomic E-state index is -1.97.